The molecule has 6 heteroatoms. The van der Waals surface area contributed by atoms with Crippen molar-refractivity contribution in [1.82, 2.24) is 9.62 Å². The van der Waals surface area contributed by atoms with Crippen molar-refractivity contribution in [2.24, 2.45) is 5.14 Å². The number of nitrogens with two attached hydrogens (primary N) is 1. The number of rotatable bonds is 2. The first-order chi connectivity index (χ1) is 5.52. The maximum absolute atomic E-state index is 10.9. The number of hydrogen-bond acceptors (Lipinski definition) is 3. The van der Waals surface area contributed by atoms with Crippen LogP contribution < -0.4 is 10.5 Å². The van der Waals surface area contributed by atoms with E-state index in [0.29, 0.717) is 6.54 Å². The van der Waals surface area contributed by atoms with Crippen LogP contribution in [0, 0.1) is 0 Å². The first-order valence-electron chi connectivity index (χ1n) is 3.98. The average molecular weight is 193 g/mol. The van der Waals surface area contributed by atoms with Crippen molar-refractivity contribution in [3.05, 3.63) is 0 Å². The van der Waals surface area contributed by atoms with Crippen LogP contribution in [0.2, 0.25) is 0 Å². The second kappa shape index (κ2) is 3.69. The second-order valence-electron chi connectivity index (χ2n) is 3.06. The molecule has 0 aliphatic carbocycles. The fraction of sp³-hybridized carbons (Fsp3) is 1.00. The Bertz CT molecular complexity index is 233. The molecule has 0 amide bonds. The van der Waals surface area contributed by atoms with Gasteiger partial charge in [0.05, 0.1) is 0 Å². The Morgan fingerprint density at radius 1 is 1.58 bits per heavy atom. The summed E-state index contributed by atoms with van der Waals surface area (Å²) in [4.78, 5) is 0. The van der Waals surface area contributed by atoms with E-state index in [1.807, 2.05) is 0 Å². The highest BCUT2D eigenvalue weighted by Gasteiger charge is 2.24. The molecular weight excluding hydrogens is 178 g/mol. The first kappa shape index (κ1) is 9.91. The van der Waals surface area contributed by atoms with Crippen molar-refractivity contribution in [2.45, 2.75) is 18.9 Å². The van der Waals surface area contributed by atoms with Crippen molar-refractivity contribution >= 4 is 10.2 Å². The molecule has 0 radical (unpaired) electrons. The first-order valence-corrected chi connectivity index (χ1v) is 5.48. The molecule has 0 aromatic heterocycles. The predicted molar refractivity (Wildman–Crippen MR) is 46.8 cm³/mol. The summed E-state index contributed by atoms with van der Waals surface area (Å²) >= 11 is 0. The number of nitrogens with zero attached hydrogens (tertiary/aromatic N) is 1. The number of piperidine rings is 1. The number of nitrogens with one attached hydrogen (secondary N) is 1. The maximum Gasteiger partial charge on any atom is 0.276 e. The van der Waals surface area contributed by atoms with Crippen molar-refractivity contribution in [3.8, 4) is 0 Å². The fourth-order valence-corrected chi connectivity index (χ4v) is 1.95. The highest BCUT2D eigenvalue weighted by atomic mass is 32.2. The summed E-state index contributed by atoms with van der Waals surface area (Å²) in [6.07, 6.45) is 1.89. The van der Waals surface area contributed by atoms with E-state index in [1.54, 1.807) is 0 Å². The van der Waals surface area contributed by atoms with Gasteiger partial charge in [0.2, 0.25) is 0 Å². The van der Waals surface area contributed by atoms with Crippen LogP contribution in [-0.2, 0) is 10.2 Å². The Hall–Kier alpha value is -0.170. The molecule has 3 N–H and O–H groups in total. The molecule has 0 spiro atoms. The molecule has 1 unspecified atom stereocenters. The second-order valence-corrected chi connectivity index (χ2v) is 4.67. The van der Waals surface area contributed by atoms with Gasteiger partial charge in [-0.2, -0.15) is 12.7 Å². The molecule has 0 saturated carbocycles. The molecule has 0 bridgehead atoms. The standard InChI is InChI=1S/C6H15N3O2S/c1-9(12(7,10)11)6-3-2-4-8-5-6/h6,8H,2-5H2,1H3,(H2,7,10,11). The van der Waals surface area contributed by atoms with Crippen LogP contribution in [0.4, 0.5) is 0 Å². The van der Waals surface area contributed by atoms with E-state index in [1.165, 1.54) is 11.4 Å². The van der Waals surface area contributed by atoms with E-state index in [0.717, 1.165) is 19.4 Å². The van der Waals surface area contributed by atoms with E-state index >= 15 is 0 Å². The minimum Gasteiger partial charge on any atom is -0.315 e. The van der Waals surface area contributed by atoms with Gasteiger partial charge < -0.3 is 5.32 Å². The van der Waals surface area contributed by atoms with Crippen LogP contribution in [-0.4, -0.2) is 38.9 Å². The van der Waals surface area contributed by atoms with Gasteiger partial charge in [0, 0.05) is 19.6 Å². The van der Waals surface area contributed by atoms with Crippen molar-refractivity contribution < 1.29 is 8.42 Å². The molecule has 0 aromatic rings. The maximum atomic E-state index is 10.9. The SMILES string of the molecule is CN(C1CCCNC1)S(N)(=O)=O. The molecule has 1 atom stereocenters. The molecule has 0 aromatic carbocycles. The fourth-order valence-electron chi connectivity index (χ4n) is 1.35. The Morgan fingerprint density at radius 2 is 2.25 bits per heavy atom. The molecule has 1 aliphatic heterocycles. The lowest BCUT2D eigenvalue weighted by Crippen LogP contribution is -2.48. The normalized spacial score (nSPS) is 26.1. The molecule has 1 saturated heterocycles. The van der Waals surface area contributed by atoms with Crippen LogP contribution in [0.5, 0.6) is 0 Å². The smallest absolute Gasteiger partial charge is 0.276 e. The Kier molecular flexibility index (Phi) is 3.05. The summed E-state index contributed by atoms with van der Waals surface area (Å²) in [6, 6.07) is 0.0220. The van der Waals surface area contributed by atoms with Crippen LogP contribution in [0.15, 0.2) is 0 Å². The largest absolute Gasteiger partial charge is 0.315 e. The van der Waals surface area contributed by atoms with Gasteiger partial charge in [-0.25, -0.2) is 5.14 Å². The quantitative estimate of drug-likeness (QED) is 0.583. The van der Waals surface area contributed by atoms with E-state index < -0.39 is 10.2 Å². The highest BCUT2D eigenvalue weighted by Crippen LogP contribution is 2.09. The minimum atomic E-state index is -3.51. The molecule has 5 nitrogen and oxygen atoms in total. The molecule has 1 aliphatic rings. The van der Waals surface area contributed by atoms with E-state index in [2.05, 4.69) is 5.32 Å². The van der Waals surface area contributed by atoms with E-state index in [-0.39, 0.29) is 6.04 Å². The van der Waals surface area contributed by atoms with E-state index in [4.69, 9.17) is 5.14 Å². The van der Waals surface area contributed by atoms with Crippen LogP contribution in [0.1, 0.15) is 12.8 Å². The predicted octanol–water partition coefficient (Wildman–Crippen LogP) is -1.13. The summed E-state index contributed by atoms with van der Waals surface area (Å²) in [5.41, 5.74) is 0. The van der Waals surface area contributed by atoms with Crippen molar-refractivity contribution in [3.63, 3.8) is 0 Å². The van der Waals surface area contributed by atoms with Gasteiger partial charge in [0.15, 0.2) is 0 Å². The minimum absolute atomic E-state index is 0.0220. The van der Waals surface area contributed by atoms with Gasteiger partial charge in [-0.15, -0.1) is 0 Å². The van der Waals surface area contributed by atoms with Crippen LogP contribution in [0.3, 0.4) is 0 Å². The molecule has 1 rings (SSSR count). The number of likely N-dealkylation sites (N-methyl/N-ethyl adjacent to an activating group) is 1. The zero-order valence-corrected chi connectivity index (χ0v) is 7.97. The highest BCUT2D eigenvalue weighted by molar-refractivity contribution is 7.86. The van der Waals surface area contributed by atoms with Gasteiger partial charge in [0.25, 0.3) is 10.2 Å². The molecule has 12 heavy (non-hydrogen) atoms. The Morgan fingerprint density at radius 3 is 2.67 bits per heavy atom. The molecular formula is C6H15N3O2S. The summed E-state index contributed by atoms with van der Waals surface area (Å²) in [5, 5.41) is 8.11. The lowest BCUT2D eigenvalue weighted by molar-refractivity contribution is 0.300. The zero-order valence-electron chi connectivity index (χ0n) is 7.16. The topological polar surface area (TPSA) is 75.4 Å². The lowest BCUT2D eigenvalue weighted by Gasteiger charge is -2.29. The summed E-state index contributed by atoms with van der Waals surface area (Å²) in [6.45, 7) is 1.67. The lowest BCUT2D eigenvalue weighted by atomic mass is 10.1. The van der Waals surface area contributed by atoms with Gasteiger partial charge in [-0.3, -0.25) is 0 Å². The van der Waals surface area contributed by atoms with Gasteiger partial charge >= 0.3 is 0 Å². The van der Waals surface area contributed by atoms with Gasteiger partial charge in [0.1, 0.15) is 0 Å². The van der Waals surface area contributed by atoms with Gasteiger partial charge in [-0.1, -0.05) is 0 Å². The third-order valence-corrected chi connectivity index (χ3v) is 3.29. The molecule has 72 valence electrons. The van der Waals surface area contributed by atoms with Gasteiger partial charge in [-0.05, 0) is 19.4 Å². The third kappa shape index (κ3) is 2.41. The molecule has 1 heterocycles. The summed E-state index contributed by atoms with van der Waals surface area (Å²) in [5.74, 6) is 0. The zero-order chi connectivity index (χ0) is 9.19. The van der Waals surface area contributed by atoms with Crippen molar-refractivity contribution in [1.29, 1.82) is 0 Å². The monoisotopic (exact) mass is 193 g/mol. The number of hydrogen-bond donors (Lipinski definition) is 2. The summed E-state index contributed by atoms with van der Waals surface area (Å²) < 4.78 is 23.0. The molecule has 1 fully saturated rings. The average Bonchev–Trinajstić information content (AvgIpc) is 2.03. The van der Waals surface area contributed by atoms with Crippen molar-refractivity contribution in [2.75, 3.05) is 20.1 Å². The van der Waals surface area contributed by atoms with Crippen LogP contribution in [0.25, 0.3) is 0 Å². The third-order valence-electron chi connectivity index (χ3n) is 2.19. The Labute approximate surface area is 73.1 Å². The van der Waals surface area contributed by atoms with Crippen LogP contribution >= 0.6 is 0 Å². The van der Waals surface area contributed by atoms with E-state index in [9.17, 15) is 8.42 Å². The summed E-state index contributed by atoms with van der Waals surface area (Å²) in [7, 11) is -1.99. The Balaban J connectivity index is 2.57.